The molecule has 5 rings (SSSR count). The molecule has 8 heteroatoms. The lowest BCUT2D eigenvalue weighted by atomic mass is 9.65. The number of hydrogen-bond acceptors (Lipinski definition) is 4. The van der Waals surface area contributed by atoms with Crippen molar-refractivity contribution >= 4 is 78.9 Å². The van der Waals surface area contributed by atoms with E-state index in [0.717, 1.165) is 33.3 Å². The lowest BCUT2D eigenvalue weighted by Crippen LogP contribution is -2.54. The van der Waals surface area contributed by atoms with Crippen LogP contribution in [0.25, 0.3) is 5.57 Å². The summed E-state index contributed by atoms with van der Waals surface area (Å²) >= 11 is 16.5. The predicted octanol–water partition coefficient (Wildman–Crippen LogP) is 6.53. The van der Waals surface area contributed by atoms with Gasteiger partial charge in [0.1, 0.15) is 4.32 Å². The van der Waals surface area contributed by atoms with E-state index in [4.69, 9.17) is 23.8 Å². The Morgan fingerprint density at radius 2 is 1.79 bits per heavy atom. The van der Waals surface area contributed by atoms with E-state index in [1.165, 1.54) is 11.8 Å². The highest BCUT2D eigenvalue weighted by Crippen LogP contribution is 2.58. The van der Waals surface area contributed by atoms with Gasteiger partial charge in [-0.15, -0.1) is 0 Å². The Bertz CT molecular complexity index is 1290. The van der Waals surface area contributed by atoms with Crippen LogP contribution in [-0.2, 0) is 15.0 Å². The molecule has 33 heavy (non-hydrogen) atoms. The molecular formula is C25H22BrClN2O2S2. The van der Waals surface area contributed by atoms with Gasteiger partial charge in [-0.1, -0.05) is 70.6 Å². The van der Waals surface area contributed by atoms with Gasteiger partial charge in [0.25, 0.3) is 11.8 Å². The number of hydrogen-bond donors (Lipinski definition) is 0. The normalized spacial score (nSPS) is 25.8. The third-order valence-electron chi connectivity index (χ3n) is 6.84. The maximum atomic E-state index is 13.9. The van der Waals surface area contributed by atoms with Crippen molar-refractivity contribution < 1.29 is 9.59 Å². The minimum Gasteiger partial charge on any atom is -0.302 e. The number of rotatable bonds is 2. The first-order chi connectivity index (χ1) is 15.5. The maximum absolute atomic E-state index is 13.9. The van der Waals surface area contributed by atoms with Crippen LogP contribution in [0.5, 0.6) is 0 Å². The molecule has 0 saturated carbocycles. The van der Waals surface area contributed by atoms with E-state index in [1.807, 2.05) is 30.0 Å². The molecule has 170 valence electrons. The Labute approximate surface area is 216 Å². The summed E-state index contributed by atoms with van der Waals surface area (Å²) in [6, 6.07) is 12.0. The standard InChI is InChI=1S/C25H22BrClN2O2S2/c1-5-28-22(31)20(33-23(28)32)18-16-10-14(26)11-17-19(16)29(21(18)30)24(2,3)12-25(17,4)13-6-8-15(27)9-7-13/h6-11H,5,12H2,1-4H3/b20-18+. The maximum Gasteiger partial charge on any atom is 0.266 e. The number of nitrogens with zero attached hydrogens (tertiary/aromatic N) is 2. The van der Waals surface area contributed by atoms with Gasteiger partial charge >= 0.3 is 0 Å². The van der Waals surface area contributed by atoms with Gasteiger partial charge in [0, 0.05) is 32.6 Å². The van der Waals surface area contributed by atoms with Crippen molar-refractivity contribution in [2.24, 2.45) is 0 Å². The highest BCUT2D eigenvalue weighted by Gasteiger charge is 2.54. The zero-order valence-corrected chi connectivity index (χ0v) is 22.6. The monoisotopic (exact) mass is 560 g/mol. The van der Waals surface area contributed by atoms with Gasteiger partial charge in [0.05, 0.1) is 16.2 Å². The number of benzene rings is 2. The van der Waals surface area contributed by atoms with Crippen molar-refractivity contribution in [3.8, 4) is 0 Å². The molecule has 1 saturated heterocycles. The highest BCUT2D eigenvalue weighted by atomic mass is 79.9. The van der Waals surface area contributed by atoms with Gasteiger partial charge < -0.3 is 4.90 Å². The molecular weight excluding hydrogens is 540 g/mol. The van der Waals surface area contributed by atoms with Gasteiger partial charge in [-0.05, 0) is 62.6 Å². The molecule has 1 atom stereocenters. The average Bonchev–Trinajstić information content (AvgIpc) is 3.18. The van der Waals surface area contributed by atoms with Gasteiger partial charge in [-0.3, -0.25) is 14.5 Å². The van der Waals surface area contributed by atoms with Gasteiger partial charge in [0.15, 0.2) is 0 Å². The molecule has 3 aliphatic rings. The number of thioether (sulfide) groups is 1. The average molecular weight is 562 g/mol. The van der Waals surface area contributed by atoms with Crippen molar-refractivity contribution in [3.05, 3.63) is 67.5 Å². The molecule has 2 amide bonds. The first-order valence-electron chi connectivity index (χ1n) is 10.7. The lowest BCUT2D eigenvalue weighted by Gasteiger charge is -2.49. The molecule has 3 heterocycles. The molecule has 0 N–H and O–H groups in total. The van der Waals surface area contributed by atoms with E-state index in [2.05, 4.69) is 54.9 Å². The smallest absolute Gasteiger partial charge is 0.266 e. The summed E-state index contributed by atoms with van der Waals surface area (Å²) in [5, 5.41) is 0.689. The summed E-state index contributed by atoms with van der Waals surface area (Å²) in [4.78, 5) is 31.0. The second-order valence-electron chi connectivity index (χ2n) is 9.44. The van der Waals surface area contributed by atoms with E-state index in [1.54, 1.807) is 4.90 Å². The Morgan fingerprint density at radius 1 is 1.12 bits per heavy atom. The number of carbonyl (C=O) groups is 2. The fourth-order valence-electron chi connectivity index (χ4n) is 5.51. The molecule has 0 radical (unpaired) electrons. The van der Waals surface area contributed by atoms with Crippen molar-refractivity contribution in [3.63, 3.8) is 0 Å². The Balaban J connectivity index is 1.81. The van der Waals surface area contributed by atoms with Crippen molar-refractivity contribution in [2.45, 2.75) is 45.1 Å². The molecule has 2 aromatic carbocycles. The van der Waals surface area contributed by atoms with E-state index in [-0.39, 0.29) is 17.2 Å². The number of anilines is 1. The number of likely N-dealkylation sites (N-methyl/N-ethyl adjacent to an activating group) is 1. The van der Waals surface area contributed by atoms with Crippen LogP contribution in [0, 0.1) is 0 Å². The zero-order chi connectivity index (χ0) is 23.9. The number of carbonyl (C=O) groups excluding carboxylic acids is 2. The van der Waals surface area contributed by atoms with E-state index >= 15 is 0 Å². The molecule has 3 aliphatic heterocycles. The Hall–Kier alpha value is -1.67. The first kappa shape index (κ1) is 23.1. The SMILES string of the molecule is CCN1C(=O)/C(=C2\C(=O)N3c4c2cc(Br)cc4C(C)(c2ccc(Cl)cc2)CC3(C)C)SC1=S. The van der Waals surface area contributed by atoms with Gasteiger partial charge in [-0.25, -0.2) is 0 Å². The minimum atomic E-state index is -0.472. The number of thiocarbonyl (C=S) groups is 1. The predicted molar refractivity (Wildman–Crippen MR) is 143 cm³/mol. The number of halogens is 2. The van der Waals surface area contributed by atoms with Crippen LogP contribution in [0.2, 0.25) is 5.02 Å². The van der Waals surface area contributed by atoms with Crippen molar-refractivity contribution in [1.29, 1.82) is 0 Å². The molecule has 4 nitrogen and oxygen atoms in total. The van der Waals surface area contributed by atoms with E-state index in [0.29, 0.717) is 26.4 Å². The summed E-state index contributed by atoms with van der Waals surface area (Å²) in [5.74, 6) is -0.327. The second kappa shape index (κ2) is 7.67. The van der Waals surface area contributed by atoms with Gasteiger partial charge in [-0.2, -0.15) is 0 Å². The molecule has 0 bridgehead atoms. The fraction of sp³-hybridized carbons (Fsp3) is 0.320. The quantitative estimate of drug-likeness (QED) is 0.309. The van der Waals surface area contributed by atoms with Crippen molar-refractivity contribution in [1.82, 2.24) is 4.90 Å². The second-order valence-corrected chi connectivity index (χ2v) is 12.4. The van der Waals surface area contributed by atoms with Crippen LogP contribution < -0.4 is 4.90 Å². The third kappa shape index (κ3) is 3.27. The van der Waals surface area contributed by atoms with E-state index < -0.39 is 5.54 Å². The summed E-state index contributed by atoms with van der Waals surface area (Å²) in [6.07, 6.45) is 0.722. The van der Waals surface area contributed by atoms with Crippen LogP contribution >= 0.6 is 51.5 Å². The summed E-state index contributed by atoms with van der Waals surface area (Å²) in [7, 11) is 0. The van der Waals surface area contributed by atoms with Crippen LogP contribution in [-0.4, -0.2) is 33.1 Å². The molecule has 1 fully saturated rings. The Kier molecular flexibility index (Phi) is 5.37. The third-order valence-corrected chi connectivity index (χ3v) is 9.00. The van der Waals surface area contributed by atoms with Crippen molar-refractivity contribution in [2.75, 3.05) is 11.4 Å². The Morgan fingerprint density at radius 3 is 2.39 bits per heavy atom. The molecule has 0 aromatic heterocycles. The first-order valence-corrected chi connectivity index (χ1v) is 13.1. The largest absolute Gasteiger partial charge is 0.302 e. The topological polar surface area (TPSA) is 40.6 Å². The molecule has 0 aliphatic carbocycles. The lowest BCUT2D eigenvalue weighted by molar-refractivity contribution is -0.122. The molecule has 2 aromatic rings. The fourth-order valence-corrected chi connectivity index (χ4v) is 7.55. The summed E-state index contributed by atoms with van der Waals surface area (Å²) in [6.45, 7) is 8.77. The van der Waals surface area contributed by atoms with Crippen LogP contribution in [0.3, 0.4) is 0 Å². The van der Waals surface area contributed by atoms with Crippen LogP contribution in [0.4, 0.5) is 5.69 Å². The van der Waals surface area contributed by atoms with Crippen LogP contribution in [0.15, 0.2) is 45.8 Å². The molecule has 0 spiro atoms. The van der Waals surface area contributed by atoms with Gasteiger partial charge in [0.2, 0.25) is 0 Å². The minimum absolute atomic E-state index is 0.135. The van der Waals surface area contributed by atoms with E-state index in [9.17, 15) is 9.59 Å². The summed E-state index contributed by atoms with van der Waals surface area (Å²) < 4.78 is 1.36. The summed E-state index contributed by atoms with van der Waals surface area (Å²) in [5.41, 5.74) is 3.50. The number of amides is 2. The van der Waals surface area contributed by atoms with Crippen LogP contribution in [0.1, 0.15) is 50.8 Å². The molecule has 1 unspecified atom stereocenters. The highest BCUT2D eigenvalue weighted by molar-refractivity contribution is 9.10. The zero-order valence-electron chi connectivity index (χ0n) is 18.7.